The van der Waals surface area contributed by atoms with Crippen molar-refractivity contribution in [2.75, 3.05) is 83.3 Å². The average Bonchev–Trinajstić information content (AvgIpc) is 0.881. The van der Waals surface area contributed by atoms with Crippen molar-refractivity contribution >= 4 is 107 Å². The normalized spacial score (nSPS) is 26.4. The molecule has 3 fully saturated rings. The second-order valence-corrected chi connectivity index (χ2v) is 24.3. The van der Waals surface area contributed by atoms with Crippen LogP contribution in [0, 0.1) is 5.41 Å². The van der Waals surface area contributed by atoms with E-state index in [9.17, 15) is 62.6 Å². The van der Waals surface area contributed by atoms with E-state index in [0.29, 0.717) is 19.3 Å². The number of hydrogen-bond acceptors (Lipinski definition) is 34. The third-order valence-electron chi connectivity index (χ3n) is 12.6. The fourth-order valence-corrected chi connectivity index (χ4v) is 12.6. The largest absolute Gasteiger partial charge is 0.463 e. The van der Waals surface area contributed by atoms with Crippen LogP contribution in [0.25, 0.3) is 0 Å². The fourth-order valence-electron chi connectivity index (χ4n) is 9.18. The topological polar surface area (TPSA) is 391 Å². The van der Waals surface area contributed by atoms with Gasteiger partial charge in [-0.2, -0.15) is 0 Å². The van der Waals surface area contributed by atoms with Crippen LogP contribution in [0.15, 0.2) is 0 Å². The quantitative estimate of drug-likeness (QED) is 0.0525. The molecule has 3 heterocycles. The molecule has 0 saturated carbocycles. The molecule has 0 spiro atoms. The molecule has 0 unspecified atom stereocenters. The molecule has 0 aromatic carbocycles. The number of esters is 12. The minimum absolute atomic E-state index is 0.0687. The third-order valence-corrected chi connectivity index (χ3v) is 16.2. The minimum atomic E-state index is -1.36. The Hall–Kier alpha value is -5.59. The summed E-state index contributed by atoms with van der Waals surface area (Å²) in [5.41, 5.74) is -4.34. The Morgan fingerprint density at radius 1 is 0.322 bits per heavy atom. The van der Waals surface area contributed by atoms with E-state index in [1.807, 2.05) is 0 Å². The van der Waals surface area contributed by atoms with Crippen LogP contribution < -0.4 is 0 Å². The molecule has 1 N–H and O–H groups in total. The van der Waals surface area contributed by atoms with Gasteiger partial charge >= 0.3 is 71.6 Å². The van der Waals surface area contributed by atoms with E-state index in [2.05, 4.69) is 0 Å². The van der Waals surface area contributed by atoms with E-state index in [4.69, 9.17) is 85.3 Å². The Morgan fingerprint density at radius 3 is 0.733 bits per heavy atom. The fraction of sp³-hybridized carbons (Fsp3) is 0.786. The van der Waals surface area contributed by atoms with Gasteiger partial charge < -0.3 is 90.4 Å². The average molecular weight is 1350 g/mol. The Kier molecular flexibility index (Phi) is 35.3. The van der Waals surface area contributed by atoms with Gasteiger partial charge in [0.2, 0.25) is 0 Å². The van der Waals surface area contributed by atoms with E-state index in [1.165, 1.54) is 0 Å². The van der Waals surface area contributed by atoms with Crippen molar-refractivity contribution in [1.82, 2.24) is 0 Å². The van der Waals surface area contributed by atoms with Gasteiger partial charge in [-0.25, -0.2) is 0 Å². The predicted octanol–water partition coefficient (Wildman–Crippen LogP) is 1.63. The summed E-state index contributed by atoms with van der Waals surface area (Å²) in [5.74, 6) is -8.22. The zero-order valence-electron chi connectivity index (χ0n) is 52.4. The van der Waals surface area contributed by atoms with Crippen LogP contribution in [-0.4, -0.2) is 250 Å². The molecule has 0 aromatic heterocycles. The predicted molar refractivity (Wildman–Crippen MR) is 309 cm³/mol. The lowest BCUT2D eigenvalue weighted by atomic mass is 9.92. The van der Waals surface area contributed by atoms with Crippen molar-refractivity contribution in [2.24, 2.45) is 5.41 Å². The third kappa shape index (κ3) is 28.5. The van der Waals surface area contributed by atoms with Gasteiger partial charge in [0.15, 0.2) is 54.9 Å². The van der Waals surface area contributed by atoms with Gasteiger partial charge in [-0.05, 0) is 36.5 Å². The lowest BCUT2D eigenvalue weighted by Gasteiger charge is -2.44. The van der Waals surface area contributed by atoms with E-state index in [1.54, 1.807) is 0 Å². The lowest BCUT2D eigenvalue weighted by molar-refractivity contribution is -0.237. The zero-order valence-corrected chi connectivity index (χ0v) is 54.8. The first-order chi connectivity index (χ1) is 42.4. The first-order valence-corrected chi connectivity index (χ1v) is 31.7. The summed E-state index contributed by atoms with van der Waals surface area (Å²) in [6.07, 6.45) is -14.5. The van der Waals surface area contributed by atoms with Gasteiger partial charge in [0.1, 0.15) is 54.4 Å². The molecule has 34 heteroatoms. The van der Waals surface area contributed by atoms with Gasteiger partial charge in [-0.15, -0.1) is 35.3 Å². The number of hydrogen-bond donors (Lipinski definition) is 1. The molecule has 15 atom stereocenters. The molecule has 3 rings (SSSR count). The molecule has 3 aliphatic rings. The molecule has 3 saturated heterocycles. The molecule has 0 aliphatic carbocycles. The maximum atomic E-state index is 12.4. The molecular weight excluding hydrogens is 1260 g/mol. The summed E-state index contributed by atoms with van der Waals surface area (Å²) >= 11 is 3.43. The van der Waals surface area contributed by atoms with Crippen molar-refractivity contribution in [3.05, 3.63) is 0 Å². The summed E-state index contributed by atoms with van der Waals surface area (Å²) in [4.78, 5) is 146. The first-order valence-electron chi connectivity index (χ1n) is 28.6. The van der Waals surface area contributed by atoms with E-state index in [-0.39, 0.29) is 56.9 Å². The highest BCUT2D eigenvalue weighted by Gasteiger charge is 2.55. The molecule has 0 radical (unpaired) electrons. The monoisotopic (exact) mass is 1350 g/mol. The Morgan fingerprint density at radius 2 is 0.533 bits per heavy atom. The Balaban J connectivity index is 1.82. The highest BCUT2D eigenvalue weighted by molar-refractivity contribution is 8.00. The van der Waals surface area contributed by atoms with Gasteiger partial charge in [-0.1, -0.05) is 0 Å². The van der Waals surface area contributed by atoms with Crippen molar-refractivity contribution in [1.29, 1.82) is 0 Å². The maximum absolute atomic E-state index is 12.4. The van der Waals surface area contributed by atoms with Gasteiger partial charge in [0.05, 0.1) is 31.8 Å². The highest BCUT2D eigenvalue weighted by Crippen LogP contribution is 2.38. The summed E-state index contributed by atoms with van der Waals surface area (Å²) in [6.45, 7) is 11.6. The second-order valence-electron chi connectivity index (χ2n) is 20.7. The van der Waals surface area contributed by atoms with Crippen molar-refractivity contribution in [3.63, 3.8) is 0 Å². The molecular formula is C56H84O31S3. The molecule has 0 bridgehead atoms. The lowest BCUT2D eigenvalue weighted by Crippen LogP contribution is -2.61. The molecule has 0 aromatic rings. The van der Waals surface area contributed by atoms with Gasteiger partial charge in [0.25, 0.3) is 0 Å². The molecule has 512 valence electrons. The van der Waals surface area contributed by atoms with E-state index >= 15 is 0 Å². The molecule has 3 aliphatic heterocycles. The Labute approximate surface area is 533 Å². The number of rotatable bonds is 37. The summed E-state index contributed by atoms with van der Waals surface area (Å²) in [6, 6.07) is 0. The number of aliphatic hydroxyl groups excluding tert-OH is 1. The number of aliphatic hydroxyl groups is 1. The van der Waals surface area contributed by atoms with Crippen LogP contribution in [0.1, 0.15) is 102 Å². The van der Waals surface area contributed by atoms with Crippen molar-refractivity contribution in [2.45, 2.75) is 192 Å². The van der Waals surface area contributed by atoms with Crippen LogP contribution in [0.4, 0.5) is 0 Å². The summed E-state index contributed by atoms with van der Waals surface area (Å²) in [5, 5.41) is 11.1. The summed E-state index contributed by atoms with van der Waals surface area (Å²) in [7, 11) is 0. The molecule has 90 heavy (non-hydrogen) atoms. The standard InChI is InChI=1S/C56H84O31S3/c1-29(58)73-22-41-44(76-32(4)61)47(79-35(7)64)50(82-38(10)67)53(85-41)88-19-13-16-70-26-56(25-57,27-71-17-14-20-89-54-51(83-39(11)68)48(80-36(8)65)45(77-33(5)62)42(86-54)23-74-30(2)59)28-72-18-15-21-90-55-52(84-40(12)69)49(81-37(9)66)46(78-34(6)63)43(87-55)24-75-31(3)60/h41-55,57H,13-28H2,1-12H3/t41-,42-,43-,44-,45-,46-,47+,48+,49+,50-,51-,52-,53+,54+,55+/m1/s1. The van der Waals surface area contributed by atoms with Crippen LogP contribution >= 0.6 is 35.3 Å². The van der Waals surface area contributed by atoms with E-state index in [0.717, 1.165) is 118 Å². The van der Waals surface area contributed by atoms with E-state index < -0.39 is 193 Å². The smallest absolute Gasteiger partial charge is 0.303 e. The number of ether oxygens (including phenoxy) is 18. The number of carbonyl (C=O) groups is 12. The van der Waals surface area contributed by atoms with Crippen LogP contribution in [0.2, 0.25) is 0 Å². The van der Waals surface area contributed by atoms with Crippen LogP contribution in [-0.2, 0) is 143 Å². The van der Waals surface area contributed by atoms with Gasteiger partial charge in [0, 0.05) is 103 Å². The highest BCUT2D eigenvalue weighted by atomic mass is 32.2. The first kappa shape index (κ1) is 78.7. The van der Waals surface area contributed by atoms with Crippen LogP contribution in [0.3, 0.4) is 0 Å². The number of thioether (sulfide) groups is 3. The minimum Gasteiger partial charge on any atom is -0.463 e. The summed E-state index contributed by atoms with van der Waals surface area (Å²) < 4.78 is 102. The second kappa shape index (κ2) is 40.4. The zero-order chi connectivity index (χ0) is 67.3. The Bertz CT molecular complexity index is 2140. The molecule has 0 amide bonds. The van der Waals surface area contributed by atoms with Crippen LogP contribution in [0.5, 0.6) is 0 Å². The van der Waals surface area contributed by atoms with Crippen molar-refractivity contribution in [3.8, 4) is 0 Å². The SMILES string of the molecule is CC(=O)OC[C@H]1O[C@@H](SCCCOCC(CO)(COCCCS[C@@H]2O[C@H](COC(C)=O)[C@@H](OC(C)=O)[C@H](OC(C)=O)[C@H]2OC(C)=O)COCCCS[C@@H]2O[C@H](COC(C)=O)[C@@H](OC(C)=O)[C@H](OC(C)=O)[C@H]2OC(C)=O)[C@H](OC(C)=O)[C@@H](OC(C)=O)[C@@H]1OC(C)=O. The van der Waals surface area contributed by atoms with Crippen molar-refractivity contribution < 1.29 is 148 Å². The van der Waals surface area contributed by atoms with Gasteiger partial charge in [-0.3, -0.25) is 57.5 Å². The molecule has 31 nitrogen and oxygen atoms in total. The number of carbonyl (C=O) groups excluding carboxylic acids is 12. The maximum Gasteiger partial charge on any atom is 0.303 e.